The van der Waals surface area contributed by atoms with Crippen molar-refractivity contribution in [3.05, 3.63) is 42.0 Å². The lowest BCUT2D eigenvalue weighted by Crippen LogP contribution is -2.44. The smallest absolute Gasteiger partial charge is 0.253 e. The summed E-state index contributed by atoms with van der Waals surface area (Å²) >= 11 is 0. The Labute approximate surface area is 145 Å². The van der Waals surface area contributed by atoms with Crippen molar-refractivity contribution in [3.8, 4) is 17.1 Å². The molecule has 2 heterocycles. The maximum Gasteiger partial charge on any atom is 0.253 e. The van der Waals surface area contributed by atoms with Crippen LogP contribution in [-0.2, 0) is 4.79 Å². The van der Waals surface area contributed by atoms with E-state index >= 15 is 0 Å². The first-order valence-electron chi connectivity index (χ1n) is 8.15. The molecular weight excluding hydrogens is 320 g/mol. The minimum atomic E-state index is -0.342. The van der Waals surface area contributed by atoms with E-state index in [0.717, 1.165) is 18.4 Å². The molecule has 0 bridgehead atoms. The van der Waals surface area contributed by atoms with Gasteiger partial charge in [-0.15, -0.1) is 10.2 Å². The normalized spacial score (nSPS) is 17.2. The monoisotopic (exact) mass is 340 g/mol. The van der Waals surface area contributed by atoms with Crippen LogP contribution in [0.3, 0.4) is 0 Å². The SMILES string of the molecule is COc1ccc(-c2ccc(C(=O)N3CCCC(C(N)=O)C3)cc2)nn1. The van der Waals surface area contributed by atoms with Crippen LogP contribution in [0.2, 0.25) is 0 Å². The zero-order chi connectivity index (χ0) is 17.8. The van der Waals surface area contributed by atoms with Gasteiger partial charge in [-0.1, -0.05) is 12.1 Å². The van der Waals surface area contributed by atoms with Gasteiger partial charge in [0.25, 0.3) is 5.91 Å². The van der Waals surface area contributed by atoms with Crippen LogP contribution in [0.5, 0.6) is 5.88 Å². The number of methoxy groups -OCH3 is 1. The van der Waals surface area contributed by atoms with E-state index in [2.05, 4.69) is 10.2 Å². The lowest BCUT2D eigenvalue weighted by atomic mass is 9.96. The molecule has 2 amide bonds. The van der Waals surface area contributed by atoms with Gasteiger partial charge in [-0.3, -0.25) is 9.59 Å². The largest absolute Gasteiger partial charge is 0.480 e. The van der Waals surface area contributed by atoms with Crippen molar-refractivity contribution >= 4 is 11.8 Å². The van der Waals surface area contributed by atoms with Crippen molar-refractivity contribution in [2.24, 2.45) is 11.7 Å². The summed E-state index contributed by atoms with van der Waals surface area (Å²) in [5, 5.41) is 8.03. The van der Waals surface area contributed by atoms with Crippen LogP contribution in [0.25, 0.3) is 11.3 Å². The summed E-state index contributed by atoms with van der Waals surface area (Å²) in [6.07, 6.45) is 1.53. The molecule has 130 valence electrons. The number of nitrogens with two attached hydrogens (primary N) is 1. The molecule has 0 spiro atoms. The topological polar surface area (TPSA) is 98.4 Å². The molecule has 7 nitrogen and oxygen atoms in total. The number of likely N-dealkylation sites (tertiary alicyclic amines) is 1. The molecule has 0 saturated carbocycles. The summed E-state index contributed by atoms with van der Waals surface area (Å²) in [7, 11) is 1.54. The standard InChI is InChI=1S/C18H20N4O3/c1-25-16-9-8-15(20-21-16)12-4-6-13(7-5-12)18(24)22-10-2-3-14(11-22)17(19)23/h4-9,14H,2-3,10-11H2,1H3,(H2,19,23). The van der Waals surface area contributed by atoms with Gasteiger partial charge in [-0.05, 0) is 31.0 Å². The minimum absolute atomic E-state index is 0.0849. The zero-order valence-electron chi connectivity index (χ0n) is 14.0. The van der Waals surface area contributed by atoms with Crippen LogP contribution in [0.1, 0.15) is 23.2 Å². The number of piperidine rings is 1. The van der Waals surface area contributed by atoms with Gasteiger partial charge in [-0.2, -0.15) is 0 Å². The first-order valence-corrected chi connectivity index (χ1v) is 8.15. The van der Waals surface area contributed by atoms with Crippen LogP contribution in [-0.4, -0.2) is 47.1 Å². The Morgan fingerprint density at radius 1 is 1.16 bits per heavy atom. The Morgan fingerprint density at radius 3 is 2.52 bits per heavy atom. The van der Waals surface area contributed by atoms with Crippen LogP contribution >= 0.6 is 0 Å². The number of rotatable bonds is 4. The Morgan fingerprint density at radius 2 is 1.92 bits per heavy atom. The first kappa shape index (κ1) is 16.9. The number of carbonyl (C=O) groups is 2. The van der Waals surface area contributed by atoms with Crippen LogP contribution in [0.15, 0.2) is 36.4 Å². The predicted octanol–water partition coefficient (Wildman–Crippen LogP) is 1.49. The minimum Gasteiger partial charge on any atom is -0.480 e. The average Bonchev–Trinajstić information content (AvgIpc) is 2.67. The van der Waals surface area contributed by atoms with Crippen molar-refractivity contribution in [3.63, 3.8) is 0 Å². The number of amides is 2. The van der Waals surface area contributed by atoms with E-state index in [1.807, 2.05) is 18.2 Å². The number of benzene rings is 1. The van der Waals surface area contributed by atoms with Gasteiger partial charge in [-0.25, -0.2) is 0 Å². The number of carbonyl (C=O) groups excluding carboxylic acids is 2. The number of hydrogen-bond donors (Lipinski definition) is 1. The van der Waals surface area contributed by atoms with Gasteiger partial charge in [0.15, 0.2) is 0 Å². The highest BCUT2D eigenvalue weighted by atomic mass is 16.5. The van der Waals surface area contributed by atoms with Crippen molar-refractivity contribution in [1.82, 2.24) is 15.1 Å². The van der Waals surface area contributed by atoms with E-state index in [1.54, 1.807) is 23.1 Å². The van der Waals surface area contributed by atoms with Gasteiger partial charge in [0.2, 0.25) is 11.8 Å². The highest BCUT2D eigenvalue weighted by Gasteiger charge is 2.27. The molecule has 1 saturated heterocycles. The summed E-state index contributed by atoms with van der Waals surface area (Å²) in [5.74, 6) is -0.236. The van der Waals surface area contributed by atoms with E-state index in [-0.39, 0.29) is 17.7 Å². The Kier molecular flexibility index (Phi) is 4.92. The number of aromatic nitrogens is 2. The summed E-state index contributed by atoms with van der Waals surface area (Å²) in [5.41, 5.74) is 7.52. The third kappa shape index (κ3) is 3.76. The van der Waals surface area contributed by atoms with Gasteiger partial charge in [0, 0.05) is 30.3 Å². The maximum absolute atomic E-state index is 12.6. The Balaban J connectivity index is 1.72. The van der Waals surface area contributed by atoms with Crippen LogP contribution in [0.4, 0.5) is 0 Å². The van der Waals surface area contributed by atoms with Crippen LogP contribution < -0.4 is 10.5 Å². The van der Waals surface area contributed by atoms with E-state index in [4.69, 9.17) is 10.5 Å². The van der Waals surface area contributed by atoms with Gasteiger partial charge < -0.3 is 15.4 Å². The third-order valence-corrected chi connectivity index (χ3v) is 4.39. The zero-order valence-corrected chi connectivity index (χ0v) is 14.0. The van der Waals surface area contributed by atoms with Crippen LogP contribution in [0, 0.1) is 5.92 Å². The average molecular weight is 340 g/mol. The molecule has 1 unspecified atom stereocenters. The molecule has 25 heavy (non-hydrogen) atoms. The predicted molar refractivity (Wildman–Crippen MR) is 91.8 cm³/mol. The second kappa shape index (κ2) is 7.29. The Bertz CT molecular complexity index is 759. The fourth-order valence-corrected chi connectivity index (χ4v) is 2.94. The molecule has 1 aromatic heterocycles. The maximum atomic E-state index is 12.6. The molecule has 1 atom stereocenters. The molecule has 2 aromatic rings. The van der Waals surface area contributed by atoms with Gasteiger partial charge >= 0.3 is 0 Å². The van der Waals surface area contributed by atoms with Crippen molar-refractivity contribution < 1.29 is 14.3 Å². The lowest BCUT2D eigenvalue weighted by molar-refractivity contribution is -0.123. The van der Waals surface area contributed by atoms with E-state index in [1.165, 1.54) is 7.11 Å². The van der Waals surface area contributed by atoms with Crippen molar-refractivity contribution in [2.45, 2.75) is 12.8 Å². The van der Waals surface area contributed by atoms with Crippen molar-refractivity contribution in [1.29, 1.82) is 0 Å². The van der Waals surface area contributed by atoms with Crippen molar-refractivity contribution in [2.75, 3.05) is 20.2 Å². The quantitative estimate of drug-likeness (QED) is 0.909. The number of nitrogens with zero attached hydrogens (tertiary/aromatic N) is 3. The van der Waals surface area contributed by atoms with E-state index < -0.39 is 0 Å². The van der Waals surface area contributed by atoms with E-state index in [0.29, 0.717) is 30.2 Å². The molecule has 1 fully saturated rings. The summed E-state index contributed by atoms with van der Waals surface area (Å²) in [4.78, 5) is 25.7. The molecule has 0 aliphatic carbocycles. The molecule has 3 rings (SSSR count). The summed E-state index contributed by atoms with van der Waals surface area (Å²) in [6.45, 7) is 1.04. The summed E-state index contributed by atoms with van der Waals surface area (Å²) < 4.78 is 4.99. The molecule has 2 N–H and O–H groups in total. The van der Waals surface area contributed by atoms with Gasteiger partial charge in [0.1, 0.15) is 0 Å². The molecule has 1 aliphatic heterocycles. The fraction of sp³-hybridized carbons (Fsp3) is 0.333. The number of primary amides is 1. The number of hydrogen-bond acceptors (Lipinski definition) is 5. The Hall–Kier alpha value is -2.96. The molecular formula is C18H20N4O3. The second-order valence-corrected chi connectivity index (χ2v) is 6.03. The molecule has 0 radical (unpaired) electrons. The summed E-state index contributed by atoms with van der Waals surface area (Å²) in [6, 6.07) is 10.7. The molecule has 1 aromatic carbocycles. The molecule has 1 aliphatic rings. The molecule has 7 heteroatoms. The first-order chi connectivity index (χ1) is 12.1. The lowest BCUT2D eigenvalue weighted by Gasteiger charge is -2.31. The third-order valence-electron chi connectivity index (χ3n) is 4.39. The number of ether oxygens (including phenoxy) is 1. The fourth-order valence-electron chi connectivity index (χ4n) is 2.94. The highest BCUT2D eigenvalue weighted by molar-refractivity contribution is 5.95. The highest BCUT2D eigenvalue weighted by Crippen LogP contribution is 2.21. The van der Waals surface area contributed by atoms with Gasteiger partial charge in [0.05, 0.1) is 18.7 Å². The second-order valence-electron chi connectivity index (χ2n) is 6.03. The van der Waals surface area contributed by atoms with E-state index in [9.17, 15) is 9.59 Å².